The average molecular weight is 261 g/mol. The van der Waals surface area contributed by atoms with Crippen molar-refractivity contribution in [3.63, 3.8) is 0 Å². The molecule has 4 heteroatoms. The third-order valence-corrected chi connectivity index (χ3v) is 3.87. The Balaban J connectivity index is 1.83. The van der Waals surface area contributed by atoms with Gasteiger partial charge in [0.15, 0.2) is 11.5 Å². The van der Waals surface area contributed by atoms with Crippen molar-refractivity contribution < 1.29 is 14.3 Å². The van der Waals surface area contributed by atoms with Crippen LogP contribution in [0, 0.1) is 5.92 Å². The molecule has 0 saturated carbocycles. The molecule has 102 valence electrons. The minimum absolute atomic E-state index is 0.0641. The number of hydrogen-bond acceptors (Lipinski definition) is 3. The van der Waals surface area contributed by atoms with Crippen molar-refractivity contribution in [1.29, 1.82) is 0 Å². The van der Waals surface area contributed by atoms with Gasteiger partial charge in [-0.05, 0) is 30.9 Å². The number of benzene rings is 1. The van der Waals surface area contributed by atoms with Gasteiger partial charge in [-0.3, -0.25) is 4.79 Å². The Kier molecular flexibility index (Phi) is 3.32. The van der Waals surface area contributed by atoms with E-state index in [1.807, 2.05) is 23.1 Å². The van der Waals surface area contributed by atoms with Gasteiger partial charge in [0.2, 0.25) is 0 Å². The average Bonchev–Trinajstić information content (AvgIpc) is 2.47. The quantitative estimate of drug-likeness (QED) is 0.779. The van der Waals surface area contributed by atoms with E-state index in [0.29, 0.717) is 36.2 Å². The summed E-state index contributed by atoms with van der Waals surface area (Å²) in [6.07, 6.45) is 2.16. The van der Waals surface area contributed by atoms with E-state index in [0.717, 1.165) is 25.9 Å². The molecule has 2 aliphatic heterocycles. The van der Waals surface area contributed by atoms with Crippen molar-refractivity contribution in [2.75, 3.05) is 26.3 Å². The Hall–Kier alpha value is -1.71. The van der Waals surface area contributed by atoms with Crippen molar-refractivity contribution in [2.45, 2.75) is 19.8 Å². The first-order valence-corrected chi connectivity index (χ1v) is 6.93. The summed E-state index contributed by atoms with van der Waals surface area (Å²) in [4.78, 5) is 14.5. The van der Waals surface area contributed by atoms with E-state index in [1.54, 1.807) is 0 Å². The van der Waals surface area contributed by atoms with E-state index >= 15 is 0 Å². The molecule has 2 aliphatic rings. The van der Waals surface area contributed by atoms with Gasteiger partial charge in [0, 0.05) is 13.1 Å². The molecule has 2 heterocycles. The van der Waals surface area contributed by atoms with Crippen LogP contribution in [0.25, 0.3) is 0 Å². The second-order valence-electron chi connectivity index (χ2n) is 5.30. The highest BCUT2D eigenvalue weighted by Crippen LogP contribution is 2.34. The summed E-state index contributed by atoms with van der Waals surface area (Å²) in [7, 11) is 0. The Morgan fingerprint density at radius 2 is 1.95 bits per heavy atom. The standard InChI is InChI=1S/C15H19NO3/c1-11-5-7-16(8-6-11)15(17)12-3-2-4-13-14(12)19-10-9-18-13/h2-4,11H,5-10H2,1H3. The Labute approximate surface area is 113 Å². The van der Waals surface area contributed by atoms with E-state index in [4.69, 9.17) is 9.47 Å². The van der Waals surface area contributed by atoms with Crippen LogP contribution in [0.1, 0.15) is 30.1 Å². The summed E-state index contributed by atoms with van der Waals surface area (Å²) >= 11 is 0. The molecule has 4 nitrogen and oxygen atoms in total. The number of amides is 1. The molecule has 1 amide bonds. The lowest BCUT2D eigenvalue weighted by atomic mass is 9.98. The van der Waals surface area contributed by atoms with E-state index in [-0.39, 0.29) is 5.91 Å². The smallest absolute Gasteiger partial charge is 0.257 e. The number of carbonyl (C=O) groups is 1. The van der Waals surface area contributed by atoms with Crippen molar-refractivity contribution in [1.82, 2.24) is 4.90 Å². The van der Waals surface area contributed by atoms with Crippen molar-refractivity contribution in [3.05, 3.63) is 23.8 Å². The number of para-hydroxylation sites is 1. The molecule has 3 rings (SSSR count). The number of rotatable bonds is 1. The maximum atomic E-state index is 12.6. The molecular formula is C15H19NO3. The predicted octanol–water partition coefficient (Wildman–Crippen LogP) is 2.33. The van der Waals surface area contributed by atoms with Crippen molar-refractivity contribution in [2.24, 2.45) is 5.92 Å². The van der Waals surface area contributed by atoms with Crippen LogP contribution in [-0.2, 0) is 0 Å². The van der Waals surface area contributed by atoms with Gasteiger partial charge in [0.05, 0.1) is 5.56 Å². The highest BCUT2D eigenvalue weighted by Gasteiger charge is 2.26. The largest absolute Gasteiger partial charge is 0.486 e. The minimum atomic E-state index is 0.0641. The highest BCUT2D eigenvalue weighted by molar-refractivity contribution is 5.98. The van der Waals surface area contributed by atoms with Gasteiger partial charge in [-0.2, -0.15) is 0 Å². The molecule has 0 unspecified atom stereocenters. The van der Waals surface area contributed by atoms with Crippen LogP contribution < -0.4 is 9.47 Å². The fourth-order valence-corrected chi connectivity index (χ4v) is 2.62. The van der Waals surface area contributed by atoms with Gasteiger partial charge < -0.3 is 14.4 Å². The highest BCUT2D eigenvalue weighted by atomic mass is 16.6. The van der Waals surface area contributed by atoms with Crippen LogP contribution in [0.3, 0.4) is 0 Å². The van der Waals surface area contributed by atoms with Crippen molar-refractivity contribution >= 4 is 5.91 Å². The van der Waals surface area contributed by atoms with Crippen LogP contribution in [0.4, 0.5) is 0 Å². The maximum absolute atomic E-state index is 12.6. The summed E-state index contributed by atoms with van der Waals surface area (Å²) in [5.74, 6) is 2.07. The molecule has 0 N–H and O–H groups in total. The minimum Gasteiger partial charge on any atom is -0.486 e. The molecule has 0 atom stereocenters. The van der Waals surface area contributed by atoms with Crippen molar-refractivity contribution in [3.8, 4) is 11.5 Å². The maximum Gasteiger partial charge on any atom is 0.257 e. The Bertz CT molecular complexity index is 478. The normalized spacial score (nSPS) is 19.3. The van der Waals surface area contributed by atoms with Crippen LogP contribution in [-0.4, -0.2) is 37.1 Å². The van der Waals surface area contributed by atoms with Crippen LogP contribution in [0.15, 0.2) is 18.2 Å². The topological polar surface area (TPSA) is 38.8 Å². The number of piperidine rings is 1. The van der Waals surface area contributed by atoms with E-state index in [1.165, 1.54) is 0 Å². The molecule has 1 aromatic carbocycles. The molecule has 19 heavy (non-hydrogen) atoms. The zero-order valence-corrected chi connectivity index (χ0v) is 11.2. The van der Waals surface area contributed by atoms with Crippen LogP contribution >= 0.6 is 0 Å². The van der Waals surface area contributed by atoms with E-state index in [9.17, 15) is 4.79 Å². The number of carbonyl (C=O) groups excluding carboxylic acids is 1. The fraction of sp³-hybridized carbons (Fsp3) is 0.533. The van der Waals surface area contributed by atoms with Gasteiger partial charge in [-0.25, -0.2) is 0 Å². The first-order chi connectivity index (χ1) is 9.25. The summed E-state index contributed by atoms with van der Waals surface area (Å²) in [6.45, 7) is 4.97. The van der Waals surface area contributed by atoms with Gasteiger partial charge in [0.25, 0.3) is 5.91 Å². The second kappa shape index (κ2) is 5.11. The Morgan fingerprint density at radius 3 is 2.74 bits per heavy atom. The van der Waals surface area contributed by atoms with Gasteiger partial charge in [-0.1, -0.05) is 13.0 Å². The summed E-state index contributed by atoms with van der Waals surface area (Å²) in [5.41, 5.74) is 0.631. The first-order valence-electron chi connectivity index (χ1n) is 6.93. The van der Waals surface area contributed by atoms with Gasteiger partial charge in [0.1, 0.15) is 13.2 Å². The molecule has 0 radical (unpaired) electrons. The SMILES string of the molecule is CC1CCN(C(=O)c2cccc3c2OCCO3)CC1. The number of fused-ring (bicyclic) bond motifs is 1. The molecular weight excluding hydrogens is 242 g/mol. The first kappa shape index (κ1) is 12.3. The zero-order valence-electron chi connectivity index (χ0n) is 11.2. The Morgan fingerprint density at radius 1 is 1.21 bits per heavy atom. The zero-order chi connectivity index (χ0) is 13.2. The van der Waals surface area contributed by atoms with Crippen LogP contribution in [0.5, 0.6) is 11.5 Å². The van der Waals surface area contributed by atoms with Gasteiger partial charge >= 0.3 is 0 Å². The lowest BCUT2D eigenvalue weighted by Gasteiger charge is -2.31. The summed E-state index contributed by atoms with van der Waals surface area (Å²) < 4.78 is 11.1. The van der Waals surface area contributed by atoms with E-state index < -0.39 is 0 Å². The van der Waals surface area contributed by atoms with Gasteiger partial charge in [-0.15, -0.1) is 0 Å². The third-order valence-electron chi connectivity index (χ3n) is 3.87. The predicted molar refractivity (Wildman–Crippen MR) is 71.7 cm³/mol. The summed E-state index contributed by atoms with van der Waals surface area (Å²) in [5, 5.41) is 0. The second-order valence-corrected chi connectivity index (χ2v) is 5.30. The van der Waals surface area contributed by atoms with Crippen LogP contribution in [0.2, 0.25) is 0 Å². The molecule has 1 aromatic rings. The molecule has 0 aromatic heterocycles. The lowest BCUT2D eigenvalue weighted by Crippen LogP contribution is -2.38. The number of hydrogen-bond donors (Lipinski definition) is 0. The number of nitrogens with zero attached hydrogens (tertiary/aromatic N) is 1. The lowest BCUT2D eigenvalue weighted by molar-refractivity contribution is 0.0687. The number of likely N-dealkylation sites (tertiary alicyclic amines) is 1. The molecule has 0 aliphatic carbocycles. The van der Waals surface area contributed by atoms with E-state index in [2.05, 4.69) is 6.92 Å². The number of ether oxygens (including phenoxy) is 2. The monoisotopic (exact) mass is 261 g/mol. The molecule has 0 bridgehead atoms. The molecule has 1 fully saturated rings. The summed E-state index contributed by atoms with van der Waals surface area (Å²) in [6, 6.07) is 5.53. The third kappa shape index (κ3) is 2.39. The fourth-order valence-electron chi connectivity index (χ4n) is 2.62. The molecule has 0 spiro atoms. The molecule has 1 saturated heterocycles.